The van der Waals surface area contributed by atoms with Crippen LogP contribution in [0.15, 0.2) is 34.5 Å². The van der Waals surface area contributed by atoms with E-state index in [0.717, 1.165) is 14.9 Å². The van der Waals surface area contributed by atoms with Gasteiger partial charge in [0.05, 0.1) is 7.11 Å². The molecule has 2 aromatic rings. The van der Waals surface area contributed by atoms with E-state index in [0.29, 0.717) is 11.3 Å². The van der Waals surface area contributed by atoms with Crippen LogP contribution in [-0.2, 0) is 14.8 Å². The minimum Gasteiger partial charge on any atom is -0.465 e. The van der Waals surface area contributed by atoms with Gasteiger partial charge >= 0.3 is 5.97 Å². The molecule has 0 saturated carbocycles. The average molecular weight is 437 g/mol. The zero-order valence-corrected chi connectivity index (χ0v) is 15.0. The molecule has 0 unspecified atom stereocenters. The van der Waals surface area contributed by atoms with Gasteiger partial charge in [0.15, 0.2) is 0 Å². The third-order valence-corrected chi connectivity index (χ3v) is 6.15. The number of thiophene rings is 1. The number of carbonyl (C=O) groups is 1. The Hall–Kier alpha value is -1.13. The molecule has 0 spiro atoms. The van der Waals surface area contributed by atoms with Crippen molar-refractivity contribution in [2.24, 2.45) is 0 Å². The van der Waals surface area contributed by atoms with Gasteiger partial charge in [-0.1, -0.05) is 0 Å². The van der Waals surface area contributed by atoms with Crippen LogP contribution in [0.5, 0.6) is 0 Å². The van der Waals surface area contributed by atoms with Gasteiger partial charge in [-0.25, -0.2) is 13.2 Å². The Morgan fingerprint density at radius 1 is 1.29 bits per heavy atom. The van der Waals surface area contributed by atoms with E-state index in [1.165, 1.54) is 7.11 Å². The molecule has 21 heavy (non-hydrogen) atoms. The number of methoxy groups -OCH3 is 1. The van der Waals surface area contributed by atoms with E-state index in [-0.39, 0.29) is 9.77 Å². The van der Waals surface area contributed by atoms with Crippen LogP contribution in [0.2, 0.25) is 0 Å². The predicted molar refractivity (Wildman–Crippen MR) is 90.4 cm³/mol. The average Bonchev–Trinajstić information content (AvgIpc) is 2.83. The highest BCUT2D eigenvalue weighted by molar-refractivity contribution is 14.1. The molecule has 0 bridgehead atoms. The van der Waals surface area contributed by atoms with E-state index in [1.54, 1.807) is 36.6 Å². The minimum atomic E-state index is -3.84. The van der Waals surface area contributed by atoms with Crippen LogP contribution in [0, 0.1) is 10.5 Å². The summed E-state index contributed by atoms with van der Waals surface area (Å²) in [7, 11) is -2.62. The van der Waals surface area contributed by atoms with Gasteiger partial charge in [0.2, 0.25) is 0 Å². The molecule has 1 aromatic carbocycles. The molecule has 1 aromatic heterocycles. The van der Waals surface area contributed by atoms with Crippen LogP contribution in [-0.4, -0.2) is 21.5 Å². The molecule has 0 aliphatic rings. The van der Waals surface area contributed by atoms with Crippen LogP contribution in [0.4, 0.5) is 5.69 Å². The summed E-state index contributed by atoms with van der Waals surface area (Å²) >= 11 is 3.19. The maximum atomic E-state index is 12.5. The quantitative estimate of drug-likeness (QED) is 0.589. The summed E-state index contributed by atoms with van der Waals surface area (Å²) in [6.45, 7) is 1.64. The van der Waals surface area contributed by atoms with Crippen LogP contribution in [0.1, 0.15) is 15.2 Å². The summed E-state index contributed by atoms with van der Waals surface area (Å²) in [6.07, 6.45) is 0. The molecule has 2 rings (SSSR count). The topological polar surface area (TPSA) is 72.5 Å². The van der Waals surface area contributed by atoms with E-state index in [4.69, 9.17) is 0 Å². The van der Waals surface area contributed by atoms with Gasteiger partial charge < -0.3 is 4.74 Å². The maximum Gasteiger partial charge on any atom is 0.349 e. The van der Waals surface area contributed by atoms with Crippen LogP contribution < -0.4 is 4.72 Å². The number of hydrogen-bond donors (Lipinski definition) is 1. The van der Waals surface area contributed by atoms with Crippen molar-refractivity contribution in [3.8, 4) is 0 Å². The fourth-order valence-corrected chi connectivity index (χ4v) is 4.85. The van der Waals surface area contributed by atoms with Gasteiger partial charge in [0.1, 0.15) is 9.77 Å². The SMILES string of the molecule is COC(=O)c1scc(C)c1S(=O)(=O)Nc1ccc(I)cc1. The molecule has 112 valence electrons. The van der Waals surface area contributed by atoms with E-state index in [9.17, 15) is 13.2 Å². The summed E-state index contributed by atoms with van der Waals surface area (Å²) in [5.41, 5.74) is 0.954. The minimum absolute atomic E-state index is 0.0297. The lowest BCUT2D eigenvalue weighted by Gasteiger charge is -2.09. The summed E-state index contributed by atoms with van der Waals surface area (Å²) in [6, 6.07) is 6.91. The lowest BCUT2D eigenvalue weighted by Crippen LogP contribution is -2.16. The summed E-state index contributed by atoms with van der Waals surface area (Å²) in [5.74, 6) is -0.656. The van der Waals surface area contributed by atoms with Crippen molar-refractivity contribution < 1.29 is 17.9 Å². The number of anilines is 1. The molecule has 0 fully saturated rings. The highest BCUT2D eigenvalue weighted by atomic mass is 127. The second-order valence-electron chi connectivity index (χ2n) is 4.18. The van der Waals surface area contributed by atoms with Gasteiger partial charge in [0.25, 0.3) is 10.0 Å². The fraction of sp³-hybridized carbons (Fsp3) is 0.154. The number of benzene rings is 1. The van der Waals surface area contributed by atoms with Gasteiger partial charge in [-0.2, -0.15) is 0 Å². The van der Waals surface area contributed by atoms with E-state index >= 15 is 0 Å². The molecule has 1 N–H and O–H groups in total. The normalized spacial score (nSPS) is 11.2. The first-order valence-corrected chi connectivity index (χ1v) is 9.24. The number of esters is 1. The first-order chi connectivity index (χ1) is 9.85. The van der Waals surface area contributed by atoms with Crippen molar-refractivity contribution in [2.45, 2.75) is 11.8 Å². The third kappa shape index (κ3) is 3.55. The first kappa shape index (κ1) is 16.2. The Morgan fingerprint density at radius 2 is 1.90 bits per heavy atom. The molecule has 5 nitrogen and oxygen atoms in total. The monoisotopic (exact) mass is 437 g/mol. The van der Waals surface area contributed by atoms with Gasteiger partial charge in [0, 0.05) is 9.26 Å². The molecule has 0 aliphatic carbocycles. The number of halogens is 1. The van der Waals surface area contributed by atoms with Crippen LogP contribution in [0.3, 0.4) is 0 Å². The lowest BCUT2D eigenvalue weighted by molar-refractivity contribution is 0.0602. The zero-order chi connectivity index (χ0) is 15.6. The second-order valence-corrected chi connectivity index (χ2v) is 7.93. The smallest absolute Gasteiger partial charge is 0.349 e. The third-order valence-electron chi connectivity index (χ3n) is 2.65. The number of rotatable bonds is 4. The molecular formula is C13H12INO4S2. The molecule has 0 atom stereocenters. The number of nitrogens with one attached hydrogen (secondary N) is 1. The molecule has 1 heterocycles. The molecule has 0 amide bonds. The Kier molecular flexibility index (Phi) is 4.89. The largest absolute Gasteiger partial charge is 0.465 e. The van der Waals surface area contributed by atoms with E-state index < -0.39 is 16.0 Å². The summed E-state index contributed by atoms with van der Waals surface area (Å²) in [4.78, 5) is 11.7. The first-order valence-electron chi connectivity index (χ1n) is 5.80. The molecule has 0 aliphatic heterocycles. The Balaban J connectivity index is 2.42. The summed E-state index contributed by atoms with van der Waals surface area (Å²) < 4.78 is 33.1. The van der Waals surface area contributed by atoms with Crippen molar-refractivity contribution in [3.05, 3.63) is 43.7 Å². The fourth-order valence-electron chi connectivity index (χ4n) is 1.73. The standard InChI is InChI=1S/C13H12INO4S2/c1-8-7-20-11(13(16)19-2)12(8)21(17,18)15-10-5-3-9(14)4-6-10/h3-7,15H,1-2H3. The van der Waals surface area contributed by atoms with E-state index in [1.807, 2.05) is 0 Å². The van der Waals surface area contributed by atoms with Crippen molar-refractivity contribution in [1.29, 1.82) is 0 Å². The molecule has 0 radical (unpaired) electrons. The van der Waals surface area contributed by atoms with Gasteiger partial charge in [-0.05, 0) is 64.7 Å². The van der Waals surface area contributed by atoms with Crippen molar-refractivity contribution in [2.75, 3.05) is 11.8 Å². The van der Waals surface area contributed by atoms with Crippen molar-refractivity contribution >= 4 is 55.6 Å². The second kappa shape index (κ2) is 6.32. The predicted octanol–water partition coefficient (Wildman–Crippen LogP) is 3.25. The number of sulfonamides is 1. The number of carbonyl (C=O) groups excluding carboxylic acids is 1. The van der Waals surface area contributed by atoms with Gasteiger partial charge in [-0.15, -0.1) is 11.3 Å². The van der Waals surface area contributed by atoms with E-state index in [2.05, 4.69) is 32.0 Å². The summed E-state index contributed by atoms with van der Waals surface area (Å²) in [5, 5.41) is 1.62. The Morgan fingerprint density at radius 3 is 2.48 bits per heavy atom. The number of ether oxygens (including phenoxy) is 1. The Bertz CT molecular complexity index is 766. The zero-order valence-electron chi connectivity index (χ0n) is 11.2. The highest BCUT2D eigenvalue weighted by Crippen LogP contribution is 2.29. The Labute approximate surface area is 140 Å². The van der Waals surface area contributed by atoms with Crippen molar-refractivity contribution in [3.63, 3.8) is 0 Å². The number of hydrogen-bond acceptors (Lipinski definition) is 5. The highest BCUT2D eigenvalue weighted by Gasteiger charge is 2.27. The number of aryl methyl sites for hydroxylation is 1. The van der Waals surface area contributed by atoms with Gasteiger partial charge in [-0.3, -0.25) is 4.72 Å². The van der Waals surface area contributed by atoms with Crippen molar-refractivity contribution in [1.82, 2.24) is 0 Å². The maximum absolute atomic E-state index is 12.5. The molecular weight excluding hydrogens is 425 g/mol. The van der Waals surface area contributed by atoms with Crippen LogP contribution >= 0.6 is 33.9 Å². The molecule has 8 heteroatoms. The molecule has 0 saturated heterocycles. The lowest BCUT2D eigenvalue weighted by atomic mass is 10.3. The van der Waals surface area contributed by atoms with Crippen LogP contribution in [0.25, 0.3) is 0 Å².